The van der Waals surface area contributed by atoms with Crippen LogP contribution in [0.1, 0.15) is 28.4 Å². The molecule has 0 atom stereocenters. The molecule has 0 radical (unpaired) electrons. The maximum absolute atomic E-state index is 13.3. The largest absolute Gasteiger partial charge is 0.464 e. The summed E-state index contributed by atoms with van der Waals surface area (Å²) in [6.07, 6.45) is 0.699. The number of carbonyl (C=O) groups excluding carboxylic acids is 2. The average Bonchev–Trinajstić information content (AvgIpc) is 3.56. The first kappa shape index (κ1) is 22.8. The molecular formula is C23H19F2N5O4. The van der Waals surface area contributed by atoms with Gasteiger partial charge in [-0.15, -0.1) is 10.2 Å². The third-order valence-corrected chi connectivity index (χ3v) is 5.02. The number of rotatable bonds is 8. The van der Waals surface area contributed by atoms with Gasteiger partial charge in [-0.1, -0.05) is 0 Å². The number of hydrogen-bond acceptors (Lipinski definition) is 7. The Balaban J connectivity index is 1.55. The number of benzene rings is 1. The van der Waals surface area contributed by atoms with Crippen molar-refractivity contribution in [3.63, 3.8) is 0 Å². The minimum atomic E-state index is -2.86. The molecule has 0 N–H and O–H groups in total. The standard InChI is InChI=1S/C23H19F2N5O4/c1-29(12-16-7-5-15(11-26-16)21-27-28-22(34-21)20(24)25)23(32)17-10-14(19-4-3-9-33-19)6-8-18(17)30(2)13-31/h3-11,13,20H,12H2,1-2H3. The van der Waals surface area contributed by atoms with E-state index in [4.69, 9.17) is 8.83 Å². The van der Waals surface area contributed by atoms with Crippen LogP contribution in [-0.4, -0.2) is 46.5 Å². The lowest BCUT2D eigenvalue weighted by atomic mass is 10.0. The Hall–Kier alpha value is -4.41. The second kappa shape index (κ2) is 9.61. The summed E-state index contributed by atoms with van der Waals surface area (Å²) in [7, 11) is 3.16. The monoisotopic (exact) mass is 467 g/mol. The number of nitrogens with zero attached hydrogens (tertiary/aromatic N) is 5. The van der Waals surface area contributed by atoms with E-state index in [0.717, 1.165) is 0 Å². The van der Waals surface area contributed by atoms with Gasteiger partial charge in [-0.25, -0.2) is 0 Å². The SMILES string of the molecule is CN(Cc1ccc(-c2nnc(C(F)F)o2)cn1)C(=O)c1cc(-c2ccco2)ccc1N(C)C=O. The molecule has 4 rings (SSSR count). The molecule has 174 valence electrons. The number of anilines is 1. The van der Waals surface area contributed by atoms with Crippen LogP contribution in [0, 0.1) is 0 Å². The summed E-state index contributed by atoms with van der Waals surface area (Å²) in [6, 6.07) is 11.8. The Bertz CT molecular complexity index is 1290. The highest BCUT2D eigenvalue weighted by atomic mass is 19.3. The molecule has 2 amide bonds. The van der Waals surface area contributed by atoms with E-state index in [0.29, 0.717) is 40.2 Å². The number of alkyl halides is 2. The van der Waals surface area contributed by atoms with Gasteiger partial charge in [0.1, 0.15) is 5.76 Å². The Morgan fingerprint density at radius 3 is 2.53 bits per heavy atom. The fourth-order valence-corrected chi connectivity index (χ4v) is 3.27. The molecule has 0 aliphatic rings. The molecule has 11 heteroatoms. The van der Waals surface area contributed by atoms with Gasteiger partial charge in [0.15, 0.2) is 0 Å². The number of aromatic nitrogens is 3. The topological polar surface area (TPSA) is 106 Å². The highest BCUT2D eigenvalue weighted by Crippen LogP contribution is 2.28. The average molecular weight is 467 g/mol. The molecule has 0 fully saturated rings. The Morgan fingerprint density at radius 2 is 1.91 bits per heavy atom. The van der Waals surface area contributed by atoms with E-state index < -0.39 is 12.3 Å². The molecule has 1 aromatic carbocycles. The van der Waals surface area contributed by atoms with E-state index in [1.807, 2.05) is 0 Å². The number of hydrogen-bond donors (Lipinski definition) is 0. The van der Waals surface area contributed by atoms with Crippen molar-refractivity contribution < 1.29 is 27.2 Å². The third-order valence-electron chi connectivity index (χ3n) is 5.02. The van der Waals surface area contributed by atoms with Crippen LogP contribution in [0.4, 0.5) is 14.5 Å². The van der Waals surface area contributed by atoms with Crippen molar-refractivity contribution in [3.05, 3.63) is 72.1 Å². The van der Waals surface area contributed by atoms with Crippen LogP contribution in [0.3, 0.4) is 0 Å². The number of halogens is 2. The van der Waals surface area contributed by atoms with E-state index in [2.05, 4.69) is 15.2 Å². The highest BCUT2D eigenvalue weighted by molar-refractivity contribution is 6.02. The fourth-order valence-electron chi connectivity index (χ4n) is 3.27. The molecule has 0 aliphatic carbocycles. The second-order valence-electron chi connectivity index (χ2n) is 7.37. The lowest BCUT2D eigenvalue weighted by Gasteiger charge is -2.21. The van der Waals surface area contributed by atoms with Gasteiger partial charge in [-0.05, 0) is 42.5 Å². The van der Waals surface area contributed by atoms with E-state index in [1.165, 1.54) is 22.3 Å². The minimum absolute atomic E-state index is 0.0740. The second-order valence-corrected chi connectivity index (χ2v) is 7.37. The van der Waals surface area contributed by atoms with Crippen LogP contribution in [0.25, 0.3) is 22.8 Å². The van der Waals surface area contributed by atoms with Gasteiger partial charge >= 0.3 is 6.43 Å². The molecule has 4 aromatic rings. The van der Waals surface area contributed by atoms with Crippen LogP contribution in [0.2, 0.25) is 0 Å². The zero-order chi connectivity index (χ0) is 24.2. The first-order valence-corrected chi connectivity index (χ1v) is 10.1. The van der Waals surface area contributed by atoms with Crippen molar-refractivity contribution >= 4 is 18.0 Å². The molecule has 0 saturated heterocycles. The molecule has 3 heterocycles. The number of carbonyl (C=O) groups is 2. The van der Waals surface area contributed by atoms with Crippen molar-refractivity contribution in [1.82, 2.24) is 20.1 Å². The minimum Gasteiger partial charge on any atom is -0.464 e. The lowest BCUT2D eigenvalue weighted by Crippen LogP contribution is -2.29. The van der Waals surface area contributed by atoms with E-state index in [1.54, 1.807) is 56.6 Å². The van der Waals surface area contributed by atoms with Gasteiger partial charge in [0.05, 0.1) is 35.3 Å². The summed E-state index contributed by atoms with van der Waals surface area (Å²) in [5.41, 5.74) is 2.36. The number of amides is 2. The number of furan rings is 1. The van der Waals surface area contributed by atoms with Crippen LogP contribution in [0.5, 0.6) is 0 Å². The Labute approximate surface area is 192 Å². The Morgan fingerprint density at radius 1 is 1.12 bits per heavy atom. The summed E-state index contributed by atoms with van der Waals surface area (Å²) >= 11 is 0. The van der Waals surface area contributed by atoms with Crippen LogP contribution in [-0.2, 0) is 11.3 Å². The van der Waals surface area contributed by atoms with E-state index in [-0.39, 0.29) is 18.3 Å². The molecule has 34 heavy (non-hydrogen) atoms. The van der Waals surface area contributed by atoms with Gasteiger partial charge in [0.25, 0.3) is 11.8 Å². The summed E-state index contributed by atoms with van der Waals surface area (Å²) < 4.78 is 35.6. The zero-order valence-electron chi connectivity index (χ0n) is 18.2. The molecule has 0 spiro atoms. The number of pyridine rings is 1. The van der Waals surface area contributed by atoms with Gasteiger partial charge in [0.2, 0.25) is 12.3 Å². The van der Waals surface area contributed by atoms with Gasteiger partial charge in [-0.2, -0.15) is 8.78 Å². The van der Waals surface area contributed by atoms with Crippen molar-refractivity contribution in [2.24, 2.45) is 0 Å². The van der Waals surface area contributed by atoms with Crippen molar-refractivity contribution in [2.45, 2.75) is 13.0 Å². The first-order valence-electron chi connectivity index (χ1n) is 10.1. The van der Waals surface area contributed by atoms with Crippen molar-refractivity contribution in [1.29, 1.82) is 0 Å². The van der Waals surface area contributed by atoms with E-state index >= 15 is 0 Å². The third kappa shape index (κ3) is 4.68. The summed E-state index contributed by atoms with van der Waals surface area (Å²) in [5, 5.41) is 6.88. The predicted molar refractivity (Wildman–Crippen MR) is 117 cm³/mol. The summed E-state index contributed by atoms with van der Waals surface area (Å²) in [6.45, 7) is 0.153. The molecule has 0 unspecified atom stereocenters. The maximum atomic E-state index is 13.3. The fraction of sp³-hybridized carbons (Fsp3) is 0.174. The molecule has 0 bridgehead atoms. The molecule has 3 aromatic heterocycles. The molecule has 9 nitrogen and oxygen atoms in total. The van der Waals surface area contributed by atoms with Crippen LogP contribution >= 0.6 is 0 Å². The van der Waals surface area contributed by atoms with Gasteiger partial charge < -0.3 is 18.6 Å². The quantitative estimate of drug-likeness (QED) is 0.358. The first-order chi connectivity index (χ1) is 16.4. The predicted octanol–water partition coefficient (Wildman–Crippen LogP) is 4.19. The highest BCUT2D eigenvalue weighted by Gasteiger charge is 2.21. The zero-order valence-corrected chi connectivity index (χ0v) is 18.2. The molecular weight excluding hydrogens is 448 g/mol. The summed E-state index contributed by atoms with van der Waals surface area (Å²) in [4.78, 5) is 31.7. The molecule has 0 aliphatic heterocycles. The summed E-state index contributed by atoms with van der Waals surface area (Å²) in [5.74, 6) is -0.584. The smallest absolute Gasteiger partial charge is 0.314 e. The van der Waals surface area contributed by atoms with Crippen LogP contribution < -0.4 is 4.90 Å². The maximum Gasteiger partial charge on any atom is 0.314 e. The van der Waals surface area contributed by atoms with E-state index in [9.17, 15) is 18.4 Å². The van der Waals surface area contributed by atoms with Gasteiger partial charge in [0, 0.05) is 25.9 Å². The van der Waals surface area contributed by atoms with Crippen molar-refractivity contribution in [3.8, 4) is 22.8 Å². The van der Waals surface area contributed by atoms with Gasteiger partial charge in [-0.3, -0.25) is 14.6 Å². The lowest BCUT2D eigenvalue weighted by molar-refractivity contribution is -0.107. The Kier molecular flexibility index (Phi) is 6.44. The molecule has 0 saturated carbocycles. The normalized spacial score (nSPS) is 11.0. The van der Waals surface area contributed by atoms with Crippen molar-refractivity contribution in [2.75, 3.05) is 19.0 Å². The van der Waals surface area contributed by atoms with Crippen LogP contribution in [0.15, 0.2) is 63.8 Å².